The van der Waals surface area contributed by atoms with E-state index in [-0.39, 0.29) is 59.5 Å². The van der Waals surface area contributed by atoms with Crippen molar-refractivity contribution >= 4 is 58.1 Å². The van der Waals surface area contributed by atoms with Gasteiger partial charge in [0.2, 0.25) is 17.4 Å². The van der Waals surface area contributed by atoms with Crippen molar-refractivity contribution in [3.8, 4) is 0 Å². The molecule has 0 radical (unpaired) electrons. The number of hydrogen-bond acceptors (Lipinski definition) is 10. The van der Waals surface area contributed by atoms with Crippen molar-refractivity contribution in [3.05, 3.63) is 88.6 Å². The van der Waals surface area contributed by atoms with Gasteiger partial charge in [-0.05, 0) is 132 Å². The second-order valence-electron chi connectivity index (χ2n) is 24.3. The van der Waals surface area contributed by atoms with E-state index in [1.54, 1.807) is 18.5 Å². The molecule has 11 rings (SSSR count). The number of carbonyl (C=O) groups excluding carboxylic acids is 4. The van der Waals surface area contributed by atoms with Gasteiger partial charge in [-0.2, -0.15) is 4.79 Å². The summed E-state index contributed by atoms with van der Waals surface area (Å²) in [4.78, 5) is 81.7. The molecule has 18 heteroatoms. The van der Waals surface area contributed by atoms with Gasteiger partial charge in [-0.25, -0.2) is 14.4 Å². The van der Waals surface area contributed by atoms with E-state index in [4.69, 9.17) is 21.1 Å². The molecule has 2 saturated carbocycles. The third-order valence-electron chi connectivity index (χ3n) is 18.0. The van der Waals surface area contributed by atoms with Gasteiger partial charge in [0.05, 0.1) is 23.2 Å². The molecule has 5 saturated heterocycles. The van der Waals surface area contributed by atoms with E-state index in [0.717, 1.165) is 138 Å². The lowest BCUT2D eigenvalue weighted by atomic mass is 9.82. The first-order valence-electron chi connectivity index (χ1n) is 29.2. The number of piperidine rings is 4. The highest BCUT2D eigenvalue weighted by atomic mass is 35.5. The summed E-state index contributed by atoms with van der Waals surface area (Å²) in [6.45, 7) is 12.1. The molecular weight excluding hydrogens is 1010 g/mol. The lowest BCUT2D eigenvalue weighted by Gasteiger charge is -2.39. The molecule has 1 spiro atoms. The minimum absolute atomic E-state index is 0.00104. The van der Waals surface area contributed by atoms with Gasteiger partial charge in [0.15, 0.2) is 0 Å². The number of H-pyrrole nitrogens is 1. The van der Waals surface area contributed by atoms with Crippen LogP contribution in [-0.2, 0) is 19.1 Å². The molecule has 7 heterocycles. The van der Waals surface area contributed by atoms with E-state index >= 15 is 4.39 Å². The zero-order chi connectivity index (χ0) is 54.1. The summed E-state index contributed by atoms with van der Waals surface area (Å²) in [5, 5.41) is 4.73. The predicted molar refractivity (Wildman–Crippen MR) is 297 cm³/mol. The summed E-state index contributed by atoms with van der Waals surface area (Å²) in [6.07, 6.45) is 16.9. The SMILES string of the molecule is CC(C)(C)OC(=O)N1C(=[NH+][C@@H](CCN2CCC(OC3CCN(C(=O)[C@H](NC(=O)c4cccc(C5CCN(C(=O)C6CC6)CC5)c4F)C4CCCCC4)CC3)CC2)c2ccc(Cl)cc2)C12CCN(c1ncnc3[nH]ccc13)CC2. The van der Waals surface area contributed by atoms with Crippen LogP contribution in [0.1, 0.15) is 157 Å². The Labute approximate surface area is 463 Å². The Morgan fingerprint density at radius 3 is 2.18 bits per heavy atom. The van der Waals surface area contributed by atoms with Crippen molar-refractivity contribution in [1.29, 1.82) is 0 Å². The van der Waals surface area contributed by atoms with E-state index in [0.29, 0.717) is 62.7 Å². The first-order valence-corrected chi connectivity index (χ1v) is 29.6. The highest BCUT2D eigenvalue weighted by Gasteiger charge is 2.74. The summed E-state index contributed by atoms with van der Waals surface area (Å²) in [7, 11) is 0. The van der Waals surface area contributed by atoms with Gasteiger partial charge >= 0.3 is 11.9 Å². The van der Waals surface area contributed by atoms with Crippen molar-refractivity contribution < 1.29 is 38.0 Å². The molecule has 2 atom stereocenters. The van der Waals surface area contributed by atoms with Crippen LogP contribution in [0.3, 0.4) is 0 Å². The molecule has 7 aliphatic rings. The quantitative estimate of drug-likeness (QED) is 0.106. The van der Waals surface area contributed by atoms with Gasteiger partial charge in [0.25, 0.3) is 5.91 Å². The number of benzene rings is 2. The number of aromatic nitrogens is 3. The Kier molecular flexibility index (Phi) is 16.2. The van der Waals surface area contributed by atoms with Crippen molar-refractivity contribution in [3.63, 3.8) is 0 Å². The molecule has 0 bridgehead atoms. The zero-order valence-corrected chi connectivity index (χ0v) is 46.6. The van der Waals surface area contributed by atoms with E-state index in [2.05, 4.69) is 47.2 Å². The number of likely N-dealkylation sites (tertiary alicyclic amines) is 3. The molecule has 78 heavy (non-hydrogen) atoms. The minimum atomic E-state index is -0.715. The summed E-state index contributed by atoms with van der Waals surface area (Å²) in [6, 6.07) is 14.3. The fourth-order valence-corrected chi connectivity index (χ4v) is 13.4. The van der Waals surface area contributed by atoms with E-state index in [1.165, 1.54) is 6.07 Å². The van der Waals surface area contributed by atoms with Crippen LogP contribution in [0.15, 0.2) is 61.1 Å². The molecule has 4 amide bonds. The molecule has 4 aromatic rings. The maximum Gasteiger partial charge on any atom is 0.508 e. The van der Waals surface area contributed by atoms with Gasteiger partial charge in [0.1, 0.15) is 41.3 Å². The van der Waals surface area contributed by atoms with Gasteiger partial charge in [0, 0.05) is 95.3 Å². The third kappa shape index (κ3) is 12.1. The number of fused-ring (bicyclic) bond motifs is 1. The molecule has 16 nitrogen and oxygen atoms in total. The standard InChI is InChI=1S/C60H78ClFN10O6/c1-59(2,3)78-58(76)72-57(60(72)26-36-69(37-27-60)53-48-18-28-63-52(48)64-38-65-53)66-49(40-14-16-43(61)17-15-40)25-31-68-29-21-44(22-30-68)77-45-23-34-71(35-24-45)56(75)51(41-8-5-4-6-9-41)67-54(73)47-11-7-10-46(50(47)62)39-19-32-70(33-20-39)55(74)42-12-13-42/h7,10-11,14-18,28,38-39,41-42,44-45,49,51H,4-6,8-9,12-13,19-27,29-37H2,1-3H3,(H,67,73)(H,63,64,65)/p+1/t49-,51+,72?/m0/s1. The van der Waals surface area contributed by atoms with Gasteiger partial charge in [-0.3, -0.25) is 19.4 Å². The zero-order valence-electron chi connectivity index (χ0n) is 45.8. The van der Waals surface area contributed by atoms with Gasteiger partial charge in [-0.15, -0.1) is 4.90 Å². The minimum Gasteiger partial charge on any atom is -0.425 e. The largest absolute Gasteiger partial charge is 0.508 e. The maximum absolute atomic E-state index is 16.3. The lowest BCUT2D eigenvalue weighted by molar-refractivity contribution is -0.511. The molecule has 3 N–H and O–H groups in total. The van der Waals surface area contributed by atoms with E-state index in [1.807, 2.05) is 59.9 Å². The molecule has 7 fully saturated rings. The van der Waals surface area contributed by atoms with Crippen molar-refractivity contribution in [2.45, 2.75) is 165 Å². The van der Waals surface area contributed by atoms with Crippen molar-refractivity contribution in [2.24, 2.45) is 11.8 Å². The van der Waals surface area contributed by atoms with Crippen LogP contribution >= 0.6 is 11.6 Å². The summed E-state index contributed by atoms with van der Waals surface area (Å²) in [5.41, 5.74) is 1.29. The maximum atomic E-state index is 16.3. The highest BCUT2D eigenvalue weighted by Crippen LogP contribution is 2.45. The Morgan fingerprint density at radius 1 is 0.821 bits per heavy atom. The molecular formula is C60H79ClFN10O6+. The summed E-state index contributed by atoms with van der Waals surface area (Å²) in [5.74, 6) is 0.995. The van der Waals surface area contributed by atoms with Crippen LogP contribution in [0.4, 0.5) is 15.0 Å². The normalized spacial score (nSPS) is 22.5. The fourth-order valence-electron chi connectivity index (χ4n) is 13.3. The molecule has 0 unspecified atom stereocenters. The second-order valence-corrected chi connectivity index (χ2v) is 24.7. The number of ether oxygens (including phenoxy) is 2. The number of amides is 4. The van der Waals surface area contributed by atoms with Gasteiger partial charge < -0.3 is 39.4 Å². The van der Waals surface area contributed by atoms with Crippen LogP contribution in [0, 0.1) is 17.7 Å². The highest BCUT2D eigenvalue weighted by molar-refractivity contribution is 6.30. The first-order chi connectivity index (χ1) is 37.7. The van der Waals surface area contributed by atoms with Crippen LogP contribution in [-0.4, -0.2) is 152 Å². The summed E-state index contributed by atoms with van der Waals surface area (Å²) >= 11 is 6.41. The van der Waals surface area contributed by atoms with Crippen molar-refractivity contribution in [2.75, 3.05) is 63.8 Å². The first kappa shape index (κ1) is 54.3. The van der Waals surface area contributed by atoms with Gasteiger partial charge in [-0.1, -0.05) is 55.1 Å². The third-order valence-corrected chi connectivity index (χ3v) is 18.2. The second kappa shape index (κ2) is 23.2. The van der Waals surface area contributed by atoms with Crippen LogP contribution in [0.2, 0.25) is 5.02 Å². The molecule has 2 aromatic heterocycles. The van der Waals surface area contributed by atoms with E-state index in [9.17, 15) is 19.2 Å². The van der Waals surface area contributed by atoms with Crippen molar-refractivity contribution in [1.82, 2.24) is 39.9 Å². The molecule has 2 aliphatic carbocycles. The lowest BCUT2D eigenvalue weighted by Crippen LogP contribution is -2.74. The molecule has 2 aromatic carbocycles. The number of nitrogens with one attached hydrogen (secondary N) is 3. The number of amidine groups is 1. The average Bonchev–Trinajstić information content (AvgIpc) is 4.53. The predicted octanol–water partition coefficient (Wildman–Crippen LogP) is 7.92. The number of aromatic amines is 1. The topological polar surface area (TPSA) is 170 Å². The monoisotopic (exact) mass is 1090 g/mol. The molecule has 5 aliphatic heterocycles. The molecule has 418 valence electrons. The fraction of sp³-hybridized carbons (Fsp3) is 0.617. The number of anilines is 1. The Bertz CT molecular complexity index is 2820. The van der Waals surface area contributed by atoms with Crippen LogP contribution in [0.25, 0.3) is 11.0 Å². The average molecular weight is 1090 g/mol. The van der Waals surface area contributed by atoms with E-state index < -0.39 is 28.9 Å². The Hall–Kier alpha value is -5.65. The number of nitrogens with zero attached hydrogens (tertiary/aromatic N) is 7. The number of carbonyl (C=O) groups is 4. The Balaban J connectivity index is 0.682. The number of rotatable bonds is 14. The Morgan fingerprint density at radius 2 is 1.50 bits per heavy atom. The number of hydrogen-bond donors (Lipinski definition) is 3. The smallest absolute Gasteiger partial charge is 0.425 e. The number of halogens is 2. The van der Waals surface area contributed by atoms with Crippen LogP contribution < -0.4 is 15.2 Å². The summed E-state index contributed by atoms with van der Waals surface area (Å²) < 4.78 is 29.1. The van der Waals surface area contributed by atoms with Crippen LogP contribution in [0.5, 0.6) is 0 Å².